The Kier molecular flexibility index (Phi) is 2.76. The van der Waals surface area contributed by atoms with Crippen LogP contribution in [0, 0.1) is 0 Å². The van der Waals surface area contributed by atoms with E-state index < -0.39 is 0 Å². The average Bonchev–Trinajstić information content (AvgIpc) is 2.29. The topological polar surface area (TPSA) is 47.6 Å². The van der Waals surface area contributed by atoms with E-state index in [0.29, 0.717) is 36.8 Å². The van der Waals surface area contributed by atoms with Crippen LogP contribution in [-0.4, -0.2) is 25.7 Å². The Hall–Kier alpha value is -1.71. The molecular weight excluding hydrogens is 194 g/mol. The van der Waals surface area contributed by atoms with Crippen LogP contribution in [0.5, 0.6) is 11.5 Å². The largest absolute Gasteiger partial charge is 0.486 e. The minimum atomic E-state index is -0.0885. The lowest BCUT2D eigenvalue weighted by molar-refractivity contribution is 0.0954. The molecule has 0 atom stereocenters. The first-order valence-corrected chi connectivity index (χ1v) is 4.99. The normalized spacial score (nSPS) is 13.4. The van der Waals surface area contributed by atoms with Gasteiger partial charge in [-0.25, -0.2) is 0 Å². The summed E-state index contributed by atoms with van der Waals surface area (Å²) in [4.78, 5) is 11.5. The molecule has 1 aliphatic heterocycles. The molecule has 0 aromatic heterocycles. The third-order valence-electron chi connectivity index (χ3n) is 2.14. The summed E-state index contributed by atoms with van der Waals surface area (Å²) < 4.78 is 10.7. The summed E-state index contributed by atoms with van der Waals surface area (Å²) in [5.74, 6) is 1.26. The number of amides is 1. The average molecular weight is 207 g/mol. The van der Waals surface area contributed by atoms with Gasteiger partial charge in [-0.15, -0.1) is 0 Å². The first kappa shape index (κ1) is 9.83. The van der Waals surface area contributed by atoms with Gasteiger partial charge in [0.25, 0.3) is 5.91 Å². The molecular formula is C11H13NO3. The molecule has 0 fully saturated rings. The van der Waals surface area contributed by atoms with Crippen LogP contribution in [-0.2, 0) is 0 Å². The quantitative estimate of drug-likeness (QED) is 0.792. The van der Waals surface area contributed by atoms with Gasteiger partial charge in [-0.3, -0.25) is 4.79 Å². The van der Waals surface area contributed by atoms with Gasteiger partial charge < -0.3 is 14.8 Å². The van der Waals surface area contributed by atoms with E-state index in [1.807, 2.05) is 6.92 Å². The molecule has 0 spiro atoms. The number of benzene rings is 1. The van der Waals surface area contributed by atoms with Crippen LogP contribution < -0.4 is 14.8 Å². The molecule has 1 heterocycles. The lowest BCUT2D eigenvalue weighted by Crippen LogP contribution is -2.23. The zero-order valence-corrected chi connectivity index (χ0v) is 8.58. The summed E-state index contributed by atoms with van der Waals surface area (Å²) in [6.07, 6.45) is 0. The molecule has 1 amide bonds. The molecule has 0 bridgehead atoms. The fraction of sp³-hybridized carbons (Fsp3) is 0.364. The van der Waals surface area contributed by atoms with E-state index in [-0.39, 0.29) is 5.91 Å². The molecule has 0 unspecified atom stereocenters. The SMILES string of the molecule is CCNC(=O)c1ccc2c(c1)OCCO2. The van der Waals surface area contributed by atoms with E-state index in [0.717, 1.165) is 0 Å². The lowest BCUT2D eigenvalue weighted by atomic mass is 10.2. The fourth-order valence-electron chi connectivity index (χ4n) is 1.45. The van der Waals surface area contributed by atoms with Crippen LogP contribution in [0.15, 0.2) is 18.2 Å². The molecule has 1 aromatic carbocycles. The number of hydrogen-bond donors (Lipinski definition) is 1. The van der Waals surface area contributed by atoms with Crippen molar-refractivity contribution in [3.8, 4) is 11.5 Å². The van der Waals surface area contributed by atoms with Crippen LogP contribution in [0.1, 0.15) is 17.3 Å². The van der Waals surface area contributed by atoms with E-state index in [1.165, 1.54) is 0 Å². The number of carbonyl (C=O) groups excluding carboxylic acids is 1. The van der Waals surface area contributed by atoms with Crippen molar-refractivity contribution in [2.75, 3.05) is 19.8 Å². The number of nitrogens with one attached hydrogen (secondary N) is 1. The highest BCUT2D eigenvalue weighted by Gasteiger charge is 2.14. The van der Waals surface area contributed by atoms with Crippen molar-refractivity contribution in [1.29, 1.82) is 0 Å². The predicted octanol–water partition coefficient (Wildman–Crippen LogP) is 1.21. The predicted molar refractivity (Wildman–Crippen MR) is 55.4 cm³/mol. The number of carbonyl (C=O) groups is 1. The molecule has 1 N–H and O–H groups in total. The third kappa shape index (κ3) is 2.03. The molecule has 2 rings (SSSR count). The summed E-state index contributed by atoms with van der Waals surface area (Å²) in [5, 5.41) is 2.73. The molecule has 1 aliphatic rings. The van der Waals surface area contributed by atoms with Gasteiger partial charge in [0.1, 0.15) is 13.2 Å². The zero-order valence-electron chi connectivity index (χ0n) is 8.58. The summed E-state index contributed by atoms with van der Waals surface area (Å²) in [6.45, 7) is 3.60. The first-order valence-electron chi connectivity index (χ1n) is 4.99. The zero-order chi connectivity index (χ0) is 10.7. The van der Waals surface area contributed by atoms with E-state index in [1.54, 1.807) is 18.2 Å². The van der Waals surface area contributed by atoms with Gasteiger partial charge >= 0.3 is 0 Å². The summed E-state index contributed by atoms with van der Waals surface area (Å²) >= 11 is 0. The Morgan fingerprint density at radius 2 is 2.07 bits per heavy atom. The maximum Gasteiger partial charge on any atom is 0.251 e. The second-order valence-corrected chi connectivity index (χ2v) is 3.22. The Bertz CT molecular complexity index is 376. The van der Waals surface area contributed by atoms with Crippen molar-refractivity contribution in [3.63, 3.8) is 0 Å². The highest BCUT2D eigenvalue weighted by molar-refractivity contribution is 5.94. The Labute approximate surface area is 88.2 Å². The first-order chi connectivity index (χ1) is 7.31. The molecule has 0 saturated heterocycles. The molecule has 0 aliphatic carbocycles. The smallest absolute Gasteiger partial charge is 0.251 e. The third-order valence-corrected chi connectivity index (χ3v) is 2.14. The fourth-order valence-corrected chi connectivity index (χ4v) is 1.45. The van der Waals surface area contributed by atoms with Gasteiger partial charge in [0, 0.05) is 12.1 Å². The van der Waals surface area contributed by atoms with Crippen LogP contribution in [0.4, 0.5) is 0 Å². The van der Waals surface area contributed by atoms with Crippen LogP contribution >= 0.6 is 0 Å². The van der Waals surface area contributed by atoms with E-state index in [2.05, 4.69) is 5.32 Å². The second kappa shape index (κ2) is 4.21. The molecule has 0 saturated carbocycles. The highest BCUT2D eigenvalue weighted by Crippen LogP contribution is 2.30. The summed E-state index contributed by atoms with van der Waals surface area (Å²) in [6, 6.07) is 5.21. The van der Waals surface area contributed by atoms with Gasteiger partial charge in [0.05, 0.1) is 0 Å². The van der Waals surface area contributed by atoms with Crippen molar-refractivity contribution in [2.24, 2.45) is 0 Å². The Morgan fingerprint density at radius 3 is 2.80 bits per heavy atom. The Morgan fingerprint density at radius 1 is 1.33 bits per heavy atom. The lowest BCUT2D eigenvalue weighted by Gasteiger charge is -2.18. The Balaban J connectivity index is 2.24. The van der Waals surface area contributed by atoms with Gasteiger partial charge in [-0.2, -0.15) is 0 Å². The molecule has 1 aromatic rings. The maximum atomic E-state index is 11.5. The van der Waals surface area contributed by atoms with Gasteiger partial charge in [-0.05, 0) is 25.1 Å². The van der Waals surface area contributed by atoms with Crippen LogP contribution in [0.25, 0.3) is 0 Å². The summed E-state index contributed by atoms with van der Waals surface area (Å²) in [5.41, 5.74) is 0.598. The van der Waals surface area contributed by atoms with Crippen molar-refractivity contribution < 1.29 is 14.3 Å². The van der Waals surface area contributed by atoms with Crippen LogP contribution in [0.2, 0.25) is 0 Å². The minimum absolute atomic E-state index is 0.0885. The van der Waals surface area contributed by atoms with E-state index in [9.17, 15) is 4.79 Å². The minimum Gasteiger partial charge on any atom is -0.486 e. The molecule has 4 heteroatoms. The number of rotatable bonds is 2. The van der Waals surface area contributed by atoms with E-state index in [4.69, 9.17) is 9.47 Å². The number of fused-ring (bicyclic) bond motifs is 1. The standard InChI is InChI=1S/C11H13NO3/c1-2-12-11(13)8-3-4-9-10(7-8)15-6-5-14-9/h3-4,7H,2,5-6H2,1H3,(H,12,13). The maximum absolute atomic E-state index is 11.5. The molecule has 80 valence electrons. The molecule has 4 nitrogen and oxygen atoms in total. The van der Waals surface area contributed by atoms with Crippen molar-refractivity contribution in [3.05, 3.63) is 23.8 Å². The highest BCUT2D eigenvalue weighted by atomic mass is 16.6. The van der Waals surface area contributed by atoms with Crippen LogP contribution in [0.3, 0.4) is 0 Å². The van der Waals surface area contributed by atoms with E-state index >= 15 is 0 Å². The van der Waals surface area contributed by atoms with Crippen molar-refractivity contribution >= 4 is 5.91 Å². The van der Waals surface area contributed by atoms with Gasteiger partial charge in [0.15, 0.2) is 11.5 Å². The number of hydrogen-bond acceptors (Lipinski definition) is 3. The number of ether oxygens (including phenoxy) is 2. The van der Waals surface area contributed by atoms with Gasteiger partial charge in [-0.1, -0.05) is 0 Å². The van der Waals surface area contributed by atoms with Crippen molar-refractivity contribution in [1.82, 2.24) is 5.32 Å². The molecule has 15 heavy (non-hydrogen) atoms. The second-order valence-electron chi connectivity index (χ2n) is 3.22. The molecule has 0 radical (unpaired) electrons. The van der Waals surface area contributed by atoms with Gasteiger partial charge in [0.2, 0.25) is 0 Å². The van der Waals surface area contributed by atoms with Crippen molar-refractivity contribution in [2.45, 2.75) is 6.92 Å². The monoisotopic (exact) mass is 207 g/mol. The summed E-state index contributed by atoms with van der Waals surface area (Å²) in [7, 11) is 0.